The smallest absolute Gasteiger partial charge is 0.261 e. The molecule has 134 valence electrons. The van der Waals surface area contributed by atoms with Crippen molar-refractivity contribution in [2.24, 2.45) is 0 Å². The molecule has 0 spiro atoms. The second-order valence-corrected chi connectivity index (χ2v) is 6.82. The monoisotopic (exact) mass is 362 g/mol. The molecule has 0 fully saturated rings. The minimum Gasteiger partial charge on any atom is -0.493 e. The van der Waals surface area contributed by atoms with Crippen molar-refractivity contribution in [2.75, 3.05) is 27.8 Å². The van der Waals surface area contributed by atoms with E-state index in [2.05, 4.69) is 5.32 Å². The number of aryl methyl sites for hydroxylation is 1. The van der Waals surface area contributed by atoms with Crippen molar-refractivity contribution in [3.05, 3.63) is 45.6 Å². The van der Waals surface area contributed by atoms with E-state index in [1.165, 1.54) is 11.3 Å². The molecule has 0 atom stereocenters. The van der Waals surface area contributed by atoms with Gasteiger partial charge in [-0.2, -0.15) is 0 Å². The fourth-order valence-corrected chi connectivity index (χ4v) is 3.06. The van der Waals surface area contributed by atoms with Gasteiger partial charge in [-0.15, -0.1) is 11.3 Å². The SMILES string of the molecule is COc1ccc(CN(C)C(=O)CNC(=O)c2ccc(C)s2)cc1OC. The Bertz CT molecular complexity index is 757. The van der Waals surface area contributed by atoms with Crippen molar-refractivity contribution < 1.29 is 19.1 Å². The third-order valence-electron chi connectivity index (χ3n) is 3.66. The molecule has 1 N–H and O–H groups in total. The first-order valence-electron chi connectivity index (χ1n) is 7.74. The predicted octanol–water partition coefficient (Wildman–Crippen LogP) is 2.46. The second kappa shape index (κ2) is 8.53. The summed E-state index contributed by atoms with van der Waals surface area (Å²) in [4.78, 5) is 27.4. The molecule has 1 aromatic heterocycles. The Hall–Kier alpha value is -2.54. The zero-order valence-corrected chi connectivity index (χ0v) is 15.6. The van der Waals surface area contributed by atoms with E-state index in [0.29, 0.717) is 22.9 Å². The van der Waals surface area contributed by atoms with Crippen LogP contribution in [-0.2, 0) is 11.3 Å². The van der Waals surface area contributed by atoms with Crippen LogP contribution < -0.4 is 14.8 Å². The van der Waals surface area contributed by atoms with E-state index in [4.69, 9.17) is 9.47 Å². The molecule has 2 rings (SSSR count). The fraction of sp³-hybridized carbons (Fsp3) is 0.333. The highest BCUT2D eigenvalue weighted by atomic mass is 32.1. The summed E-state index contributed by atoms with van der Waals surface area (Å²) in [6.45, 7) is 2.30. The molecule has 1 heterocycles. The maximum Gasteiger partial charge on any atom is 0.261 e. The van der Waals surface area contributed by atoms with Crippen LogP contribution in [0.15, 0.2) is 30.3 Å². The largest absolute Gasteiger partial charge is 0.493 e. The number of likely N-dealkylation sites (N-methyl/N-ethyl adjacent to an activating group) is 1. The van der Waals surface area contributed by atoms with E-state index in [-0.39, 0.29) is 18.4 Å². The van der Waals surface area contributed by atoms with E-state index in [1.54, 1.807) is 38.3 Å². The Balaban J connectivity index is 1.90. The minimum absolute atomic E-state index is 0.0421. The second-order valence-electron chi connectivity index (χ2n) is 5.53. The maximum atomic E-state index is 12.2. The van der Waals surface area contributed by atoms with Gasteiger partial charge in [-0.1, -0.05) is 6.07 Å². The molecule has 6 nitrogen and oxygen atoms in total. The molecule has 0 aliphatic rings. The first-order chi connectivity index (χ1) is 11.9. The quantitative estimate of drug-likeness (QED) is 0.822. The lowest BCUT2D eigenvalue weighted by Gasteiger charge is -2.18. The number of rotatable bonds is 7. The lowest BCUT2D eigenvalue weighted by Crippen LogP contribution is -2.37. The van der Waals surface area contributed by atoms with Crippen LogP contribution in [0.2, 0.25) is 0 Å². The standard InChI is InChI=1S/C18H22N2O4S/c1-12-5-8-16(25-12)18(22)19-10-17(21)20(2)11-13-6-7-14(23-3)15(9-13)24-4/h5-9H,10-11H2,1-4H3,(H,19,22). The van der Waals surface area contributed by atoms with Gasteiger partial charge < -0.3 is 19.7 Å². The van der Waals surface area contributed by atoms with E-state index in [0.717, 1.165) is 10.4 Å². The number of hydrogen-bond acceptors (Lipinski definition) is 5. The number of nitrogens with zero attached hydrogens (tertiary/aromatic N) is 1. The molecule has 0 unspecified atom stereocenters. The van der Waals surface area contributed by atoms with E-state index >= 15 is 0 Å². The van der Waals surface area contributed by atoms with Gasteiger partial charge in [0.15, 0.2) is 11.5 Å². The number of benzene rings is 1. The Labute approximate surface area is 151 Å². The van der Waals surface area contributed by atoms with Crippen LogP contribution in [0.1, 0.15) is 20.1 Å². The molecule has 0 saturated carbocycles. The third kappa shape index (κ3) is 4.96. The van der Waals surface area contributed by atoms with E-state index in [1.807, 2.05) is 25.1 Å². The van der Waals surface area contributed by atoms with E-state index < -0.39 is 0 Å². The van der Waals surface area contributed by atoms with Gasteiger partial charge in [-0.05, 0) is 36.8 Å². The summed E-state index contributed by atoms with van der Waals surface area (Å²) in [7, 11) is 4.84. The summed E-state index contributed by atoms with van der Waals surface area (Å²) < 4.78 is 10.5. The third-order valence-corrected chi connectivity index (χ3v) is 4.66. The van der Waals surface area contributed by atoms with Crippen LogP contribution in [0, 0.1) is 6.92 Å². The number of hydrogen-bond donors (Lipinski definition) is 1. The van der Waals surface area contributed by atoms with Gasteiger partial charge in [0.05, 0.1) is 25.6 Å². The van der Waals surface area contributed by atoms with Gasteiger partial charge in [0.1, 0.15) is 0 Å². The summed E-state index contributed by atoms with van der Waals surface area (Å²) in [5.41, 5.74) is 0.911. The van der Waals surface area contributed by atoms with Crippen LogP contribution in [-0.4, -0.2) is 44.5 Å². The Morgan fingerprint density at radius 3 is 2.44 bits per heavy atom. The molecule has 25 heavy (non-hydrogen) atoms. The molecule has 0 bridgehead atoms. The average Bonchev–Trinajstić information content (AvgIpc) is 3.05. The highest BCUT2D eigenvalue weighted by Crippen LogP contribution is 2.27. The summed E-state index contributed by atoms with van der Waals surface area (Å²) in [6.07, 6.45) is 0. The van der Waals surface area contributed by atoms with Crippen molar-refractivity contribution >= 4 is 23.2 Å². The topological polar surface area (TPSA) is 67.9 Å². The molecule has 2 amide bonds. The number of thiophene rings is 1. The predicted molar refractivity (Wildman–Crippen MR) is 97.4 cm³/mol. The molecule has 1 aromatic carbocycles. The molecular formula is C18H22N2O4S. The van der Waals surface area contributed by atoms with E-state index in [9.17, 15) is 9.59 Å². The summed E-state index contributed by atoms with van der Waals surface area (Å²) in [5.74, 6) is 0.850. The molecular weight excluding hydrogens is 340 g/mol. The Morgan fingerprint density at radius 2 is 1.84 bits per heavy atom. The minimum atomic E-state index is -0.231. The van der Waals surface area contributed by atoms with Crippen molar-refractivity contribution in [1.29, 1.82) is 0 Å². The number of carbonyl (C=O) groups excluding carboxylic acids is 2. The zero-order chi connectivity index (χ0) is 18.4. The van der Waals surface area contributed by atoms with Crippen molar-refractivity contribution in [2.45, 2.75) is 13.5 Å². The van der Waals surface area contributed by atoms with Crippen LogP contribution in [0.4, 0.5) is 0 Å². The van der Waals surface area contributed by atoms with Gasteiger partial charge >= 0.3 is 0 Å². The first-order valence-corrected chi connectivity index (χ1v) is 8.55. The van der Waals surface area contributed by atoms with Crippen LogP contribution in [0.3, 0.4) is 0 Å². The maximum absolute atomic E-state index is 12.2. The molecule has 2 aromatic rings. The molecule has 7 heteroatoms. The molecule has 0 aliphatic heterocycles. The van der Waals surface area contributed by atoms with Gasteiger partial charge in [0, 0.05) is 18.5 Å². The van der Waals surface area contributed by atoms with Gasteiger partial charge in [-0.25, -0.2) is 0 Å². The zero-order valence-electron chi connectivity index (χ0n) is 14.8. The fourth-order valence-electron chi connectivity index (χ4n) is 2.28. The van der Waals surface area contributed by atoms with Gasteiger partial charge in [0.2, 0.25) is 5.91 Å². The highest BCUT2D eigenvalue weighted by Gasteiger charge is 2.14. The number of amides is 2. The van der Waals surface area contributed by atoms with Gasteiger partial charge in [0.25, 0.3) is 5.91 Å². The number of ether oxygens (including phenoxy) is 2. The summed E-state index contributed by atoms with van der Waals surface area (Å²) >= 11 is 1.40. The van der Waals surface area contributed by atoms with Crippen LogP contribution >= 0.6 is 11.3 Å². The van der Waals surface area contributed by atoms with Gasteiger partial charge in [-0.3, -0.25) is 9.59 Å². The normalized spacial score (nSPS) is 10.2. The lowest BCUT2D eigenvalue weighted by atomic mass is 10.2. The first kappa shape index (κ1) is 18.8. The number of carbonyl (C=O) groups is 2. The molecule has 0 saturated heterocycles. The average molecular weight is 362 g/mol. The van der Waals surface area contributed by atoms with Crippen molar-refractivity contribution in [1.82, 2.24) is 10.2 Å². The summed E-state index contributed by atoms with van der Waals surface area (Å²) in [5, 5.41) is 2.66. The van der Waals surface area contributed by atoms with Crippen LogP contribution in [0.5, 0.6) is 11.5 Å². The lowest BCUT2D eigenvalue weighted by molar-refractivity contribution is -0.129. The van der Waals surface area contributed by atoms with Crippen molar-refractivity contribution in [3.63, 3.8) is 0 Å². The number of methoxy groups -OCH3 is 2. The Kier molecular flexibility index (Phi) is 6.41. The number of nitrogens with one attached hydrogen (secondary N) is 1. The van der Waals surface area contributed by atoms with Crippen LogP contribution in [0.25, 0.3) is 0 Å². The molecule has 0 aliphatic carbocycles. The Morgan fingerprint density at radius 1 is 1.12 bits per heavy atom. The van der Waals surface area contributed by atoms with Crippen molar-refractivity contribution in [3.8, 4) is 11.5 Å². The summed E-state index contributed by atoms with van der Waals surface area (Å²) in [6, 6.07) is 9.14. The highest BCUT2D eigenvalue weighted by molar-refractivity contribution is 7.13. The molecule has 0 radical (unpaired) electrons.